The first-order valence-electron chi connectivity index (χ1n) is 9.97. The number of halogens is 3. The molecule has 0 aliphatic heterocycles. The summed E-state index contributed by atoms with van der Waals surface area (Å²) in [5, 5.41) is 7.95. The molecule has 13 heteroatoms. The van der Waals surface area contributed by atoms with Crippen molar-refractivity contribution >= 4 is 26.6 Å². The maximum Gasteiger partial charge on any atom is 0.416 e. The van der Waals surface area contributed by atoms with Crippen molar-refractivity contribution in [2.75, 3.05) is 11.8 Å². The largest absolute Gasteiger partial charge is 0.494 e. The smallest absolute Gasteiger partial charge is 0.416 e. The van der Waals surface area contributed by atoms with Crippen molar-refractivity contribution in [1.29, 1.82) is 0 Å². The number of benzene rings is 1. The fraction of sp³-hybridized carbons (Fsp3) is 0.167. The van der Waals surface area contributed by atoms with Gasteiger partial charge in [-0.3, -0.25) is 9.40 Å². The standard InChI is InChI=1S/C18H15F3N6O3S/c1-26-17-11(8-23-26)3-4-14(30-2)16(17)25-31(28,29)13-9-24-27(10-13)15-7-12(5-6-22-15)18(19,20)21/h3-10,25H,1-2H3/i1D3. The molecule has 1 aromatic carbocycles. The van der Waals surface area contributed by atoms with E-state index in [0.717, 1.165) is 35.4 Å². The zero-order valence-corrected chi connectivity index (χ0v) is 16.4. The summed E-state index contributed by atoms with van der Waals surface area (Å²) < 4.78 is 97.1. The maximum atomic E-state index is 13.1. The molecule has 0 saturated heterocycles. The Labute approximate surface area is 178 Å². The van der Waals surface area contributed by atoms with Gasteiger partial charge in [-0.1, -0.05) is 0 Å². The Kier molecular flexibility index (Phi) is 4.01. The van der Waals surface area contributed by atoms with Gasteiger partial charge in [0.2, 0.25) is 0 Å². The van der Waals surface area contributed by atoms with Crippen molar-refractivity contribution in [3.63, 3.8) is 0 Å². The molecule has 0 unspecified atom stereocenters. The number of hydrogen-bond acceptors (Lipinski definition) is 6. The van der Waals surface area contributed by atoms with Crippen molar-refractivity contribution in [2.24, 2.45) is 6.98 Å². The van der Waals surface area contributed by atoms with Crippen LogP contribution in [0.3, 0.4) is 0 Å². The summed E-state index contributed by atoms with van der Waals surface area (Å²) in [5.41, 5.74) is -1.21. The highest BCUT2D eigenvalue weighted by Crippen LogP contribution is 2.34. The van der Waals surface area contributed by atoms with Crippen LogP contribution in [0.2, 0.25) is 0 Å². The second-order valence-electron chi connectivity index (χ2n) is 6.26. The van der Waals surface area contributed by atoms with E-state index in [0.29, 0.717) is 10.1 Å². The van der Waals surface area contributed by atoms with E-state index >= 15 is 0 Å². The zero-order chi connectivity index (χ0) is 24.9. The SMILES string of the molecule is [2H]C([2H])([2H])n1ncc2ccc(OC)c(NS(=O)(=O)c3cnn(-c4cc(C(F)(F)F)ccn4)c3)c21. The number of fused-ring (bicyclic) bond motifs is 1. The molecule has 4 rings (SSSR count). The zero-order valence-electron chi connectivity index (χ0n) is 18.6. The molecule has 0 fully saturated rings. The van der Waals surface area contributed by atoms with Gasteiger partial charge in [-0.25, -0.2) is 18.1 Å². The fourth-order valence-electron chi connectivity index (χ4n) is 2.85. The highest BCUT2D eigenvalue weighted by Gasteiger charge is 2.31. The monoisotopic (exact) mass is 455 g/mol. The van der Waals surface area contributed by atoms with Crippen LogP contribution in [0.5, 0.6) is 5.75 Å². The molecule has 4 aromatic rings. The normalized spacial score (nSPS) is 14.1. The van der Waals surface area contributed by atoms with Crippen LogP contribution in [-0.4, -0.2) is 40.1 Å². The average molecular weight is 455 g/mol. The summed E-state index contributed by atoms with van der Waals surface area (Å²) in [5.74, 6) is -0.231. The number of ether oxygens (including phenoxy) is 1. The molecule has 1 N–H and O–H groups in total. The summed E-state index contributed by atoms with van der Waals surface area (Å²) in [6.45, 7) is -2.71. The molecule has 0 aliphatic rings. The Morgan fingerprint density at radius 3 is 2.71 bits per heavy atom. The molecule has 3 aromatic heterocycles. The Balaban J connectivity index is 1.76. The average Bonchev–Trinajstić information content (AvgIpc) is 3.41. The first-order valence-corrected chi connectivity index (χ1v) is 9.96. The van der Waals surface area contributed by atoms with Gasteiger partial charge >= 0.3 is 6.18 Å². The second-order valence-corrected chi connectivity index (χ2v) is 7.95. The van der Waals surface area contributed by atoms with Crippen LogP contribution >= 0.6 is 0 Å². The predicted molar refractivity (Wildman–Crippen MR) is 104 cm³/mol. The van der Waals surface area contributed by atoms with Gasteiger partial charge in [0.25, 0.3) is 10.0 Å². The van der Waals surface area contributed by atoms with Crippen molar-refractivity contribution in [3.8, 4) is 11.6 Å². The molecular weight excluding hydrogens is 437 g/mol. The van der Waals surface area contributed by atoms with Crippen LogP contribution in [0.4, 0.5) is 18.9 Å². The topological polar surface area (TPSA) is 104 Å². The lowest BCUT2D eigenvalue weighted by Gasteiger charge is -2.13. The lowest BCUT2D eigenvalue weighted by atomic mass is 10.2. The summed E-state index contributed by atoms with van der Waals surface area (Å²) in [7, 11) is -3.12. The minimum absolute atomic E-state index is 0.0222. The second kappa shape index (κ2) is 7.27. The Bertz CT molecular complexity index is 1480. The van der Waals surface area contributed by atoms with Crippen molar-refractivity contribution < 1.29 is 30.4 Å². The minimum Gasteiger partial charge on any atom is -0.494 e. The molecule has 0 bridgehead atoms. The Morgan fingerprint density at radius 2 is 2.00 bits per heavy atom. The van der Waals surface area contributed by atoms with E-state index in [1.807, 2.05) is 0 Å². The van der Waals surface area contributed by atoms with Crippen LogP contribution < -0.4 is 9.46 Å². The number of nitrogens with one attached hydrogen (secondary N) is 1. The first-order chi connectivity index (χ1) is 15.8. The summed E-state index contributed by atoms with van der Waals surface area (Å²) in [4.78, 5) is 3.38. The van der Waals surface area contributed by atoms with Gasteiger partial charge in [-0.05, 0) is 24.3 Å². The number of pyridine rings is 1. The van der Waals surface area contributed by atoms with E-state index in [4.69, 9.17) is 8.85 Å². The molecule has 3 heterocycles. The number of hydrogen-bond donors (Lipinski definition) is 1. The van der Waals surface area contributed by atoms with Crippen LogP contribution in [-0.2, 0) is 23.2 Å². The predicted octanol–water partition coefficient (Wildman–Crippen LogP) is 2.98. The Hall–Kier alpha value is -3.61. The molecule has 0 aliphatic carbocycles. The molecule has 162 valence electrons. The van der Waals surface area contributed by atoms with Gasteiger partial charge in [0.1, 0.15) is 16.3 Å². The summed E-state index contributed by atoms with van der Waals surface area (Å²) in [6.07, 6.45) is -0.553. The number of aromatic nitrogens is 5. The molecular formula is C18H15F3N6O3S. The van der Waals surface area contributed by atoms with E-state index in [9.17, 15) is 21.6 Å². The van der Waals surface area contributed by atoms with E-state index in [1.54, 1.807) is 0 Å². The molecule has 9 nitrogen and oxygen atoms in total. The van der Waals surface area contributed by atoms with Crippen LogP contribution in [0.15, 0.2) is 53.9 Å². The van der Waals surface area contributed by atoms with Gasteiger partial charge < -0.3 is 4.74 Å². The fourth-order valence-corrected chi connectivity index (χ4v) is 3.86. The molecule has 0 spiro atoms. The van der Waals surface area contributed by atoms with Crippen molar-refractivity contribution in [3.05, 3.63) is 54.6 Å². The molecule has 0 amide bonds. The number of rotatable bonds is 5. The Morgan fingerprint density at radius 1 is 1.19 bits per heavy atom. The lowest BCUT2D eigenvalue weighted by Crippen LogP contribution is -2.14. The number of anilines is 1. The number of alkyl halides is 3. The molecule has 0 saturated carbocycles. The highest BCUT2D eigenvalue weighted by atomic mass is 32.2. The van der Waals surface area contributed by atoms with Gasteiger partial charge in [0, 0.05) is 22.7 Å². The van der Waals surface area contributed by atoms with E-state index in [2.05, 4.69) is 19.9 Å². The van der Waals surface area contributed by atoms with Gasteiger partial charge in [-0.2, -0.15) is 23.4 Å². The highest BCUT2D eigenvalue weighted by molar-refractivity contribution is 7.92. The first kappa shape index (κ1) is 17.1. The third kappa shape index (κ3) is 3.79. The number of methoxy groups -OCH3 is 1. The summed E-state index contributed by atoms with van der Waals surface area (Å²) >= 11 is 0. The van der Waals surface area contributed by atoms with Crippen molar-refractivity contribution in [2.45, 2.75) is 11.1 Å². The molecule has 0 atom stereocenters. The van der Waals surface area contributed by atoms with Crippen molar-refractivity contribution in [1.82, 2.24) is 24.5 Å². The third-order valence-corrected chi connectivity index (χ3v) is 5.63. The summed E-state index contributed by atoms with van der Waals surface area (Å²) in [6, 6.07) is 4.43. The lowest BCUT2D eigenvalue weighted by molar-refractivity contribution is -0.137. The quantitative estimate of drug-likeness (QED) is 0.496. The van der Waals surface area contributed by atoms with Gasteiger partial charge in [0.15, 0.2) is 5.82 Å². The molecule has 0 radical (unpaired) electrons. The van der Waals surface area contributed by atoms with Crippen LogP contribution in [0, 0.1) is 0 Å². The maximum absolute atomic E-state index is 13.1. The van der Waals surface area contributed by atoms with E-state index in [-0.39, 0.29) is 22.8 Å². The van der Waals surface area contributed by atoms with Gasteiger partial charge in [-0.15, -0.1) is 0 Å². The number of sulfonamides is 1. The number of nitrogens with zero attached hydrogens (tertiary/aromatic N) is 5. The third-order valence-electron chi connectivity index (χ3n) is 4.33. The van der Waals surface area contributed by atoms with Crippen LogP contribution in [0.25, 0.3) is 16.7 Å². The number of aryl methyl sites for hydroxylation is 1. The van der Waals surface area contributed by atoms with Crippen LogP contribution in [0.1, 0.15) is 9.68 Å². The van der Waals surface area contributed by atoms with E-state index in [1.165, 1.54) is 25.4 Å². The van der Waals surface area contributed by atoms with Gasteiger partial charge in [0.05, 0.1) is 36.8 Å². The van der Waals surface area contributed by atoms with E-state index < -0.39 is 33.6 Å². The minimum atomic E-state index is -4.62. The molecule has 31 heavy (non-hydrogen) atoms.